The van der Waals surface area contributed by atoms with Crippen LogP contribution in [0, 0.1) is 6.07 Å². The van der Waals surface area contributed by atoms with Gasteiger partial charge in [0, 0.05) is 6.42 Å². The number of hydrogen-bond acceptors (Lipinski definition) is 0. The molecule has 1 radical (unpaired) electrons. The van der Waals surface area contributed by atoms with Gasteiger partial charge >= 0.3 is 0 Å². The molecule has 0 aliphatic rings. The van der Waals surface area contributed by atoms with Crippen LogP contribution in [0.3, 0.4) is 0 Å². The summed E-state index contributed by atoms with van der Waals surface area (Å²) in [5, 5.41) is 0. The normalized spacial score (nSPS) is 11.5. The molecule has 0 amide bonds. The van der Waals surface area contributed by atoms with E-state index in [0.29, 0.717) is 5.56 Å². The van der Waals surface area contributed by atoms with Gasteiger partial charge in [-0.2, -0.15) is 0 Å². The highest BCUT2D eigenvalue weighted by Crippen LogP contribution is 2.17. The van der Waals surface area contributed by atoms with Gasteiger partial charge < -0.3 is 0 Å². The zero-order valence-electron chi connectivity index (χ0n) is 6.27. The van der Waals surface area contributed by atoms with Crippen LogP contribution in [0.2, 0.25) is 0 Å². The first-order valence-electron chi connectivity index (χ1n) is 3.41. The average Bonchev–Trinajstić information content (AvgIpc) is 1.85. The molecular weight excluding hydrogens is 146 g/mol. The molecule has 2 heteroatoms. The summed E-state index contributed by atoms with van der Waals surface area (Å²) in [4.78, 5) is 0. The van der Waals surface area contributed by atoms with Gasteiger partial charge in [-0.15, -0.1) is 0 Å². The molecule has 11 heavy (non-hydrogen) atoms. The highest BCUT2D eigenvalue weighted by molar-refractivity contribution is 5.15. The molecule has 0 bridgehead atoms. The van der Waals surface area contributed by atoms with Crippen molar-refractivity contribution in [1.29, 1.82) is 0 Å². The molecule has 0 heterocycles. The minimum Gasteiger partial charge on any atom is -0.207 e. The maximum absolute atomic E-state index is 12.4. The van der Waals surface area contributed by atoms with Crippen LogP contribution in [0.1, 0.15) is 12.5 Å². The van der Waals surface area contributed by atoms with Gasteiger partial charge in [0.2, 0.25) is 5.92 Å². The monoisotopic (exact) mass is 155 g/mol. The fourth-order valence-electron chi connectivity index (χ4n) is 0.898. The van der Waals surface area contributed by atoms with Crippen molar-refractivity contribution in [3.8, 4) is 0 Å². The molecule has 1 aromatic rings. The van der Waals surface area contributed by atoms with Crippen molar-refractivity contribution >= 4 is 0 Å². The first-order valence-corrected chi connectivity index (χ1v) is 3.41. The lowest BCUT2D eigenvalue weighted by atomic mass is 10.1. The highest BCUT2D eigenvalue weighted by Gasteiger charge is 2.20. The lowest BCUT2D eigenvalue weighted by molar-refractivity contribution is 0.0226. The number of benzene rings is 1. The number of rotatable bonds is 2. The molecule has 59 valence electrons. The standard InChI is InChI=1S/C9H9F2/c1-9(10,11)7-8-5-3-2-4-6-8/h3-6H,7H2,1H3. The summed E-state index contributed by atoms with van der Waals surface area (Å²) in [6, 6.07) is 9.35. The summed E-state index contributed by atoms with van der Waals surface area (Å²) in [5.74, 6) is -2.61. The van der Waals surface area contributed by atoms with Gasteiger partial charge in [0.25, 0.3) is 0 Å². The third-order valence-electron chi connectivity index (χ3n) is 1.30. The zero-order valence-corrected chi connectivity index (χ0v) is 6.27. The second kappa shape index (κ2) is 2.99. The maximum Gasteiger partial charge on any atom is 0.249 e. The van der Waals surface area contributed by atoms with Crippen LogP contribution in [0.15, 0.2) is 24.3 Å². The van der Waals surface area contributed by atoms with Crippen LogP contribution in [0.25, 0.3) is 0 Å². The smallest absolute Gasteiger partial charge is 0.207 e. The fraction of sp³-hybridized carbons (Fsp3) is 0.333. The van der Waals surface area contributed by atoms with Crippen molar-refractivity contribution in [3.63, 3.8) is 0 Å². The lowest BCUT2D eigenvalue weighted by Gasteiger charge is -2.08. The highest BCUT2D eigenvalue weighted by atomic mass is 19.3. The zero-order chi connectivity index (χ0) is 8.32. The van der Waals surface area contributed by atoms with E-state index in [1.54, 1.807) is 24.3 Å². The molecule has 0 spiro atoms. The van der Waals surface area contributed by atoms with Crippen LogP contribution in [0.4, 0.5) is 8.78 Å². The van der Waals surface area contributed by atoms with Gasteiger partial charge in [0.15, 0.2) is 0 Å². The van der Waals surface area contributed by atoms with E-state index in [0.717, 1.165) is 6.92 Å². The molecule has 0 aliphatic carbocycles. The predicted molar refractivity (Wildman–Crippen MR) is 39.6 cm³/mol. The summed E-state index contributed by atoms with van der Waals surface area (Å²) < 4.78 is 24.8. The molecule has 0 aliphatic heterocycles. The van der Waals surface area contributed by atoms with Crippen LogP contribution in [0.5, 0.6) is 0 Å². The topological polar surface area (TPSA) is 0 Å². The first kappa shape index (κ1) is 8.18. The summed E-state index contributed by atoms with van der Waals surface area (Å²) in [7, 11) is 0. The Morgan fingerprint density at radius 2 is 1.91 bits per heavy atom. The summed E-state index contributed by atoms with van der Waals surface area (Å²) in [6.45, 7) is 0.920. The van der Waals surface area contributed by atoms with Crippen molar-refractivity contribution in [2.75, 3.05) is 0 Å². The minimum atomic E-state index is -2.61. The van der Waals surface area contributed by atoms with Gasteiger partial charge in [0.1, 0.15) is 0 Å². The van der Waals surface area contributed by atoms with Crippen molar-refractivity contribution < 1.29 is 8.78 Å². The van der Waals surface area contributed by atoms with Gasteiger partial charge in [-0.25, -0.2) is 8.78 Å². The largest absolute Gasteiger partial charge is 0.249 e. The Kier molecular flexibility index (Phi) is 2.22. The molecule has 0 fully saturated rings. The van der Waals surface area contributed by atoms with Crippen LogP contribution >= 0.6 is 0 Å². The van der Waals surface area contributed by atoms with E-state index in [-0.39, 0.29) is 6.42 Å². The molecule has 0 N–H and O–H groups in total. The third kappa shape index (κ3) is 3.12. The Labute approximate surface area is 64.9 Å². The summed E-state index contributed by atoms with van der Waals surface area (Å²) in [5.41, 5.74) is 0.649. The molecule has 0 saturated heterocycles. The Morgan fingerprint density at radius 1 is 1.36 bits per heavy atom. The van der Waals surface area contributed by atoms with Crippen molar-refractivity contribution in [3.05, 3.63) is 35.9 Å². The number of halogens is 2. The SMILES string of the molecule is CC(F)(F)Cc1cc[c]cc1. The third-order valence-corrected chi connectivity index (χ3v) is 1.30. The van der Waals surface area contributed by atoms with E-state index in [9.17, 15) is 8.78 Å². The number of alkyl halides is 2. The summed E-state index contributed by atoms with van der Waals surface area (Å²) in [6.07, 6.45) is -0.193. The molecule has 0 unspecified atom stereocenters. The molecule has 0 aromatic heterocycles. The Morgan fingerprint density at radius 3 is 2.36 bits per heavy atom. The minimum absolute atomic E-state index is 0.193. The molecule has 1 rings (SSSR count). The molecular formula is C9H9F2. The van der Waals surface area contributed by atoms with Gasteiger partial charge in [-0.3, -0.25) is 0 Å². The Bertz CT molecular complexity index is 211. The molecule has 0 saturated carbocycles. The average molecular weight is 155 g/mol. The van der Waals surface area contributed by atoms with E-state index < -0.39 is 5.92 Å². The van der Waals surface area contributed by atoms with Crippen molar-refractivity contribution in [2.24, 2.45) is 0 Å². The lowest BCUT2D eigenvalue weighted by Crippen LogP contribution is -2.13. The van der Waals surface area contributed by atoms with E-state index in [1.807, 2.05) is 0 Å². The first-order chi connectivity index (χ1) is 5.08. The van der Waals surface area contributed by atoms with Crippen LogP contribution in [-0.2, 0) is 6.42 Å². The van der Waals surface area contributed by atoms with E-state index in [1.165, 1.54) is 0 Å². The second-order valence-corrected chi connectivity index (χ2v) is 2.66. The fourth-order valence-corrected chi connectivity index (χ4v) is 0.898. The van der Waals surface area contributed by atoms with Crippen molar-refractivity contribution in [1.82, 2.24) is 0 Å². The Hall–Kier alpha value is -0.920. The summed E-state index contributed by atoms with van der Waals surface area (Å²) >= 11 is 0. The van der Waals surface area contributed by atoms with E-state index in [2.05, 4.69) is 6.07 Å². The second-order valence-electron chi connectivity index (χ2n) is 2.66. The molecule has 1 aromatic carbocycles. The van der Waals surface area contributed by atoms with E-state index >= 15 is 0 Å². The number of hydrogen-bond donors (Lipinski definition) is 0. The van der Waals surface area contributed by atoms with Crippen LogP contribution < -0.4 is 0 Å². The molecule has 0 atom stereocenters. The predicted octanol–water partition coefficient (Wildman–Crippen LogP) is 2.68. The molecule has 0 nitrogen and oxygen atoms in total. The van der Waals surface area contributed by atoms with Gasteiger partial charge in [0.05, 0.1) is 0 Å². The van der Waals surface area contributed by atoms with Gasteiger partial charge in [-0.05, 0) is 18.6 Å². The van der Waals surface area contributed by atoms with Crippen LogP contribution in [-0.4, -0.2) is 5.92 Å². The van der Waals surface area contributed by atoms with E-state index in [4.69, 9.17) is 0 Å². The van der Waals surface area contributed by atoms with Gasteiger partial charge in [-0.1, -0.05) is 24.3 Å². The maximum atomic E-state index is 12.4. The quantitative estimate of drug-likeness (QED) is 0.616. The van der Waals surface area contributed by atoms with Crippen molar-refractivity contribution in [2.45, 2.75) is 19.3 Å². The Balaban J connectivity index is 2.66.